The number of halogens is 2. The second-order valence-corrected chi connectivity index (χ2v) is 5.84. The number of fused-ring (bicyclic) bond motifs is 2. The van der Waals surface area contributed by atoms with Crippen molar-refractivity contribution in [2.24, 2.45) is 5.92 Å². The number of hydrogen-bond acceptors (Lipinski definition) is 2. The Bertz CT molecular complexity index is 262. The van der Waals surface area contributed by atoms with E-state index in [1.165, 1.54) is 0 Å². The highest BCUT2D eigenvalue weighted by atomic mass is 19.3. The summed E-state index contributed by atoms with van der Waals surface area (Å²) in [5, 5.41) is 9.65. The van der Waals surface area contributed by atoms with Crippen LogP contribution >= 0.6 is 0 Å². The molecule has 0 aromatic carbocycles. The van der Waals surface area contributed by atoms with E-state index >= 15 is 0 Å². The minimum Gasteiger partial charge on any atom is -0.393 e. The lowest BCUT2D eigenvalue weighted by atomic mass is 9.80. The van der Waals surface area contributed by atoms with E-state index < -0.39 is 5.92 Å². The second kappa shape index (κ2) is 3.64. The number of nitrogens with zero attached hydrogens (tertiary/aromatic N) is 1. The molecular formula is C12H19F2NO. The van der Waals surface area contributed by atoms with Crippen molar-refractivity contribution >= 4 is 0 Å². The summed E-state index contributed by atoms with van der Waals surface area (Å²) in [7, 11) is 0. The van der Waals surface area contributed by atoms with Gasteiger partial charge in [-0.3, -0.25) is 4.90 Å². The van der Waals surface area contributed by atoms with Gasteiger partial charge >= 0.3 is 0 Å². The average Bonchev–Trinajstić information content (AvgIpc) is 2.40. The predicted molar refractivity (Wildman–Crippen MR) is 56.4 cm³/mol. The topological polar surface area (TPSA) is 23.5 Å². The zero-order valence-corrected chi connectivity index (χ0v) is 9.41. The Hall–Kier alpha value is -0.220. The third-order valence-corrected chi connectivity index (χ3v) is 4.50. The molecule has 1 N–H and O–H groups in total. The van der Waals surface area contributed by atoms with Crippen LogP contribution in [0.2, 0.25) is 0 Å². The molecule has 3 rings (SSSR count). The van der Waals surface area contributed by atoms with Gasteiger partial charge in [-0.15, -0.1) is 0 Å². The van der Waals surface area contributed by atoms with Gasteiger partial charge in [0, 0.05) is 31.5 Å². The molecule has 1 saturated carbocycles. The summed E-state index contributed by atoms with van der Waals surface area (Å²) in [5.74, 6) is -2.20. The third kappa shape index (κ3) is 1.86. The van der Waals surface area contributed by atoms with Crippen molar-refractivity contribution in [2.45, 2.75) is 62.6 Å². The van der Waals surface area contributed by atoms with Crippen LogP contribution < -0.4 is 0 Å². The van der Waals surface area contributed by atoms with E-state index in [4.69, 9.17) is 0 Å². The highest BCUT2D eigenvalue weighted by Crippen LogP contribution is 2.45. The van der Waals surface area contributed by atoms with E-state index in [-0.39, 0.29) is 24.9 Å². The highest BCUT2D eigenvalue weighted by Gasteiger charge is 2.48. The molecule has 4 heteroatoms. The standard InChI is InChI=1S/C12H19F2NO/c13-12(14)5-8(6-12)7-15-9-1-2-10(15)4-11(16)3-9/h8-11,16H,1-7H2. The van der Waals surface area contributed by atoms with Gasteiger partial charge in [0.15, 0.2) is 0 Å². The normalized spacial score (nSPS) is 43.3. The van der Waals surface area contributed by atoms with Gasteiger partial charge in [-0.1, -0.05) is 0 Å². The fraction of sp³-hybridized carbons (Fsp3) is 1.00. The Morgan fingerprint density at radius 1 is 1.12 bits per heavy atom. The second-order valence-electron chi connectivity index (χ2n) is 5.84. The summed E-state index contributed by atoms with van der Waals surface area (Å²) >= 11 is 0. The molecule has 2 bridgehead atoms. The van der Waals surface area contributed by atoms with Crippen LogP contribution in [0.4, 0.5) is 8.78 Å². The van der Waals surface area contributed by atoms with Gasteiger partial charge in [-0.2, -0.15) is 0 Å². The van der Waals surface area contributed by atoms with E-state index in [0.717, 1.165) is 32.2 Å². The molecule has 3 fully saturated rings. The fourth-order valence-electron chi connectivity index (χ4n) is 3.76. The Balaban J connectivity index is 1.57. The van der Waals surface area contributed by atoms with Gasteiger partial charge in [-0.05, 0) is 31.6 Å². The van der Waals surface area contributed by atoms with Crippen LogP contribution in [0, 0.1) is 5.92 Å². The van der Waals surface area contributed by atoms with Crippen molar-refractivity contribution in [3.63, 3.8) is 0 Å². The minimum atomic E-state index is -2.39. The lowest BCUT2D eigenvalue weighted by molar-refractivity contribution is -0.122. The predicted octanol–water partition coefficient (Wildman–Crippen LogP) is 2.02. The van der Waals surface area contributed by atoms with Gasteiger partial charge < -0.3 is 5.11 Å². The smallest absolute Gasteiger partial charge is 0.248 e. The zero-order valence-electron chi connectivity index (χ0n) is 9.41. The zero-order chi connectivity index (χ0) is 11.3. The summed E-state index contributed by atoms with van der Waals surface area (Å²) < 4.78 is 25.5. The van der Waals surface area contributed by atoms with Gasteiger partial charge in [0.1, 0.15) is 0 Å². The van der Waals surface area contributed by atoms with Crippen LogP contribution in [0.15, 0.2) is 0 Å². The molecule has 2 saturated heterocycles. The summed E-state index contributed by atoms with van der Waals surface area (Å²) in [6.45, 7) is 0.831. The summed E-state index contributed by atoms with van der Waals surface area (Å²) in [6, 6.07) is 0.922. The van der Waals surface area contributed by atoms with Gasteiger partial charge in [0.2, 0.25) is 5.92 Å². The Morgan fingerprint density at radius 3 is 2.19 bits per heavy atom. The van der Waals surface area contributed by atoms with Gasteiger partial charge in [0.25, 0.3) is 0 Å². The quantitative estimate of drug-likeness (QED) is 0.786. The van der Waals surface area contributed by atoms with Crippen molar-refractivity contribution in [3.05, 3.63) is 0 Å². The molecule has 2 heterocycles. The molecule has 92 valence electrons. The maximum atomic E-state index is 12.8. The lowest BCUT2D eigenvalue weighted by Gasteiger charge is -2.43. The molecule has 0 aromatic heterocycles. The van der Waals surface area contributed by atoms with Crippen molar-refractivity contribution in [2.75, 3.05) is 6.54 Å². The number of piperidine rings is 1. The monoisotopic (exact) mass is 231 g/mol. The van der Waals surface area contributed by atoms with Crippen LogP contribution in [0.5, 0.6) is 0 Å². The Labute approximate surface area is 94.6 Å². The number of rotatable bonds is 2. The first-order valence-electron chi connectivity index (χ1n) is 6.35. The van der Waals surface area contributed by atoms with Gasteiger partial charge in [0.05, 0.1) is 6.10 Å². The summed E-state index contributed by atoms with van der Waals surface area (Å²) in [4.78, 5) is 2.40. The SMILES string of the molecule is OC1CC2CCC(C1)N2CC1CC(F)(F)C1. The third-order valence-electron chi connectivity index (χ3n) is 4.50. The molecule has 2 unspecified atom stereocenters. The number of hydrogen-bond donors (Lipinski definition) is 1. The van der Waals surface area contributed by atoms with Crippen molar-refractivity contribution in [1.82, 2.24) is 4.90 Å². The Morgan fingerprint density at radius 2 is 1.69 bits per heavy atom. The molecule has 2 atom stereocenters. The maximum Gasteiger partial charge on any atom is 0.248 e. The van der Waals surface area contributed by atoms with E-state index in [2.05, 4.69) is 4.90 Å². The summed E-state index contributed by atoms with van der Waals surface area (Å²) in [6.07, 6.45) is 3.97. The maximum absolute atomic E-state index is 12.8. The average molecular weight is 231 g/mol. The molecule has 1 aliphatic carbocycles. The van der Waals surface area contributed by atoms with Crippen LogP contribution in [-0.4, -0.2) is 40.7 Å². The van der Waals surface area contributed by atoms with Crippen molar-refractivity contribution < 1.29 is 13.9 Å². The minimum absolute atomic E-state index is 0.0749. The first-order chi connectivity index (χ1) is 7.53. The van der Waals surface area contributed by atoms with E-state index in [0.29, 0.717) is 12.1 Å². The van der Waals surface area contributed by atoms with Crippen LogP contribution in [0.1, 0.15) is 38.5 Å². The van der Waals surface area contributed by atoms with E-state index in [1.807, 2.05) is 0 Å². The Kier molecular flexibility index (Phi) is 2.48. The first kappa shape index (κ1) is 10.9. The number of aliphatic hydroxyl groups is 1. The molecule has 0 radical (unpaired) electrons. The van der Waals surface area contributed by atoms with E-state index in [9.17, 15) is 13.9 Å². The van der Waals surface area contributed by atoms with Gasteiger partial charge in [-0.25, -0.2) is 8.78 Å². The number of aliphatic hydroxyl groups excluding tert-OH is 1. The van der Waals surface area contributed by atoms with Crippen molar-refractivity contribution in [1.29, 1.82) is 0 Å². The molecule has 0 amide bonds. The highest BCUT2D eigenvalue weighted by molar-refractivity contribution is 4.98. The molecule has 0 aromatic rings. The van der Waals surface area contributed by atoms with Crippen LogP contribution in [0.25, 0.3) is 0 Å². The summed E-state index contributed by atoms with van der Waals surface area (Å²) in [5.41, 5.74) is 0. The molecule has 2 nitrogen and oxygen atoms in total. The van der Waals surface area contributed by atoms with E-state index in [1.54, 1.807) is 0 Å². The molecule has 3 aliphatic rings. The van der Waals surface area contributed by atoms with Crippen LogP contribution in [0.3, 0.4) is 0 Å². The molecule has 0 spiro atoms. The fourth-order valence-corrected chi connectivity index (χ4v) is 3.76. The lowest BCUT2D eigenvalue weighted by Crippen LogP contribution is -2.50. The molecular weight excluding hydrogens is 212 g/mol. The molecule has 16 heavy (non-hydrogen) atoms. The molecule has 2 aliphatic heterocycles. The largest absolute Gasteiger partial charge is 0.393 e. The first-order valence-corrected chi connectivity index (χ1v) is 6.35. The van der Waals surface area contributed by atoms with Crippen molar-refractivity contribution in [3.8, 4) is 0 Å². The number of alkyl halides is 2. The van der Waals surface area contributed by atoms with Crippen LogP contribution in [-0.2, 0) is 0 Å².